The minimum absolute atomic E-state index is 0.0280. The molecule has 1 rings (SSSR count). The molecule has 2 unspecified atom stereocenters. The Bertz CT molecular complexity index is 241. The number of rotatable bonds is 0. The standard InChI is InChI=1S/C9H15NO4/c1-6-5-14-7(2)4-10(6)8(11)9(12)13-3/h6-7H,4-5H2,1-3H3. The number of hydrogen-bond acceptors (Lipinski definition) is 4. The molecule has 80 valence electrons. The molecule has 1 aliphatic rings. The molecule has 1 fully saturated rings. The van der Waals surface area contributed by atoms with Crippen molar-refractivity contribution in [3.63, 3.8) is 0 Å². The Morgan fingerprint density at radius 2 is 2.07 bits per heavy atom. The van der Waals surface area contributed by atoms with Gasteiger partial charge in [-0.05, 0) is 13.8 Å². The zero-order valence-electron chi connectivity index (χ0n) is 8.65. The van der Waals surface area contributed by atoms with Gasteiger partial charge in [-0.25, -0.2) is 4.79 Å². The number of carbonyl (C=O) groups is 2. The van der Waals surface area contributed by atoms with E-state index >= 15 is 0 Å². The predicted molar refractivity (Wildman–Crippen MR) is 48.6 cm³/mol. The Balaban J connectivity index is 2.65. The van der Waals surface area contributed by atoms with Crippen LogP contribution >= 0.6 is 0 Å². The van der Waals surface area contributed by atoms with Gasteiger partial charge in [-0.1, -0.05) is 0 Å². The average Bonchev–Trinajstić information content (AvgIpc) is 2.19. The number of hydrogen-bond donors (Lipinski definition) is 0. The van der Waals surface area contributed by atoms with Crippen LogP contribution < -0.4 is 0 Å². The highest BCUT2D eigenvalue weighted by molar-refractivity contribution is 6.32. The number of amides is 1. The molecule has 1 aliphatic heterocycles. The average molecular weight is 201 g/mol. The SMILES string of the molecule is COC(=O)C(=O)N1CC(C)OCC1C. The van der Waals surface area contributed by atoms with Gasteiger partial charge in [-0.2, -0.15) is 0 Å². The van der Waals surface area contributed by atoms with E-state index < -0.39 is 11.9 Å². The van der Waals surface area contributed by atoms with E-state index in [-0.39, 0.29) is 12.1 Å². The van der Waals surface area contributed by atoms with E-state index in [4.69, 9.17) is 4.74 Å². The van der Waals surface area contributed by atoms with Crippen molar-refractivity contribution in [3.8, 4) is 0 Å². The summed E-state index contributed by atoms with van der Waals surface area (Å²) in [6.45, 7) is 4.61. The van der Waals surface area contributed by atoms with E-state index in [0.717, 1.165) is 0 Å². The summed E-state index contributed by atoms with van der Waals surface area (Å²) >= 11 is 0. The molecule has 1 heterocycles. The van der Waals surface area contributed by atoms with Crippen molar-refractivity contribution in [3.05, 3.63) is 0 Å². The molecule has 2 atom stereocenters. The Morgan fingerprint density at radius 1 is 1.43 bits per heavy atom. The largest absolute Gasteiger partial charge is 0.462 e. The number of carbonyl (C=O) groups excluding carboxylic acids is 2. The predicted octanol–water partition coefficient (Wildman–Crippen LogP) is -0.205. The lowest BCUT2D eigenvalue weighted by atomic mass is 10.2. The van der Waals surface area contributed by atoms with Crippen LogP contribution in [0.25, 0.3) is 0 Å². The molecule has 0 radical (unpaired) electrons. The monoisotopic (exact) mass is 201 g/mol. The van der Waals surface area contributed by atoms with Crippen LogP contribution in [0.3, 0.4) is 0 Å². The molecule has 0 saturated carbocycles. The van der Waals surface area contributed by atoms with Gasteiger partial charge in [0.25, 0.3) is 0 Å². The van der Waals surface area contributed by atoms with Gasteiger partial charge in [0.05, 0.1) is 25.9 Å². The molecule has 0 aliphatic carbocycles. The number of nitrogens with zero attached hydrogens (tertiary/aromatic N) is 1. The molecule has 1 saturated heterocycles. The third kappa shape index (κ3) is 2.23. The summed E-state index contributed by atoms with van der Waals surface area (Å²) in [4.78, 5) is 24.0. The maximum Gasteiger partial charge on any atom is 0.396 e. The van der Waals surface area contributed by atoms with Crippen molar-refractivity contribution in [2.45, 2.75) is 26.0 Å². The van der Waals surface area contributed by atoms with Gasteiger partial charge in [0.2, 0.25) is 0 Å². The van der Waals surface area contributed by atoms with Crippen molar-refractivity contribution in [1.82, 2.24) is 4.90 Å². The van der Waals surface area contributed by atoms with E-state index in [2.05, 4.69) is 4.74 Å². The van der Waals surface area contributed by atoms with Crippen molar-refractivity contribution in [2.24, 2.45) is 0 Å². The fourth-order valence-electron chi connectivity index (χ4n) is 1.39. The quantitative estimate of drug-likeness (QED) is 0.402. The number of ether oxygens (including phenoxy) is 2. The summed E-state index contributed by atoms with van der Waals surface area (Å²) in [5.74, 6) is -1.40. The Labute approximate surface area is 83.0 Å². The van der Waals surface area contributed by atoms with Gasteiger partial charge < -0.3 is 14.4 Å². The molecule has 14 heavy (non-hydrogen) atoms. The Kier molecular flexibility index (Phi) is 3.46. The van der Waals surface area contributed by atoms with Crippen LogP contribution in [-0.2, 0) is 19.1 Å². The summed E-state index contributed by atoms with van der Waals surface area (Å²) in [5.41, 5.74) is 0. The lowest BCUT2D eigenvalue weighted by molar-refractivity contribution is -0.164. The molecule has 0 N–H and O–H groups in total. The van der Waals surface area contributed by atoms with Crippen molar-refractivity contribution >= 4 is 11.9 Å². The first-order valence-corrected chi connectivity index (χ1v) is 4.56. The highest BCUT2D eigenvalue weighted by Crippen LogP contribution is 2.11. The topological polar surface area (TPSA) is 55.8 Å². The second-order valence-corrected chi connectivity index (χ2v) is 3.44. The van der Waals surface area contributed by atoms with Crippen LogP contribution in [0.1, 0.15) is 13.8 Å². The number of morpholine rings is 1. The first-order chi connectivity index (χ1) is 6.56. The fourth-order valence-corrected chi connectivity index (χ4v) is 1.39. The highest BCUT2D eigenvalue weighted by atomic mass is 16.5. The van der Waals surface area contributed by atoms with Gasteiger partial charge >= 0.3 is 11.9 Å². The maximum absolute atomic E-state index is 11.5. The zero-order chi connectivity index (χ0) is 10.7. The summed E-state index contributed by atoms with van der Waals surface area (Å²) in [5, 5.41) is 0. The van der Waals surface area contributed by atoms with Crippen LogP contribution in [0, 0.1) is 0 Å². The summed E-state index contributed by atoms with van der Waals surface area (Å²) in [6, 6.07) is -0.0715. The summed E-state index contributed by atoms with van der Waals surface area (Å²) in [7, 11) is 1.20. The van der Waals surface area contributed by atoms with Gasteiger partial charge in [0.15, 0.2) is 0 Å². The zero-order valence-corrected chi connectivity index (χ0v) is 8.65. The summed E-state index contributed by atoms with van der Waals surface area (Å²) in [6.07, 6.45) is -0.0280. The van der Waals surface area contributed by atoms with Gasteiger partial charge in [-0.15, -0.1) is 0 Å². The second-order valence-electron chi connectivity index (χ2n) is 3.44. The lowest BCUT2D eigenvalue weighted by Gasteiger charge is -2.35. The molecular weight excluding hydrogens is 186 g/mol. The molecular formula is C9H15NO4. The van der Waals surface area contributed by atoms with Crippen LogP contribution in [0.2, 0.25) is 0 Å². The van der Waals surface area contributed by atoms with Crippen molar-refractivity contribution in [1.29, 1.82) is 0 Å². The molecule has 0 spiro atoms. The molecule has 0 aromatic carbocycles. The summed E-state index contributed by atoms with van der Waals surface area (Å²) < 4.78 is 9.72. The van der Waals surface area contributed by atoms with Gasteiger partial charge in [-0.3, -0.25) is 4.79 Å². The molecule has 5 nitrogen and oxygen atoms in total. The van der Waals surface area contributed by atoms with Crippen LogP contribution in [0.15, 0.2) is 0 Å². The van der Waals surface area contributed by atoms with Crippen LogP contribution in [0.5, 0.6) is 0 Å². The number of methoxy groups -OCH3 is 1. The Morgan fingerprint density at radius 3 is 2.64 bits per heavy atom. The molecule has 0 aromatic rings. The van der Waals surface area contributed by atoms with E-state index in [1.165, 1.54) is 12.0 Å². The lowest BCUT2D eigenvalue weighted by Crippen LogP contribution is -2.52. The molecule has 1 amide bonds. The normalized spacial score (nSPS) is 27.2. The molecule has 0 bridgehead atoms. The first-order valence-electron chi connectivity index (χ1n) is 4.56. The van der Waals surface area contributed by atoms with Crippen LogP contribution in [0.4, 0.5) is 0 Å². The highest BCUT2D eigenvalue weighted by Gasteiger charge is 2.31. The molecule has 0 aromatic heterocycles. The first kappa shape index (κ1) is 11.0. The molecule has 5 heteroatoms. The van der Waals surface area contributed by atoms with Crippen molar-refractivity contribution in [2.75, 3.05) is 20.3 Å². The van der Waals surface area contributed by atoms with Crippen molar-refractivity contribution < 1.29 is 19.1 Å². The third-order valence-electron chi connectivity index (χ3n) is 2.23. The van der Waals surface area contributed by atoms with Gasteiger partial charge in [0, 0.05) is 6.54 Å². The smallest absolute Gasteiger partial charge is 0.396 e. The maximum atomic E-state index is 11.5. The van der Waals surface area contributed by atoms with E-state index in [9.17, 15) is 9.59 Å². The number of esters is 1. The minimum Gasteiger partial charge on any atom is -0.462 e. The van der Waals surface area contributed by atoms with E-state index in [0.29, 0.717) is 13.2 Å². The Hall–Kier alpha value is -1.10. The second kappa shape index (κ2) is 4.41. The van der Waals surface area contributed by atoms with Gasteiger partial charge in [0.1, 0.15) is 0 Å². The van der Waals surface area contributed by atoms with E-state index in [1.54, 1.807) is 0 Å². The fraction of sp³-hybridized carbons (Fsp3) is 0.778. The van der Waals surface area contributed by atoms with Crippen LogP contribution in [-0.4, -0.2) is 49.2 Å². The third-order valence-corrected chi connectivity index (χ3v) is 2.23. The minimum atomic E-state index is -0.814. The van der Waals surface area contributed by atoms with E-state index in [1.807, 2.05) is 13.8 Å².